The van der Waals surface area contributed by atoms with Crippen molar-refractivity contribution in [3.05, 3.63) is 100 Å². The summed E-state index contributed by atoms with van der Waals surface area (Å²) in [5.74, 6) is 2.40. The quantitative estimate of drug-likeness (QED) is 0.350. The Balaban J connectivity index is 1.62. The van der Waals surface area contributed by atoms with Gasteiger partial charge in [-0.2, -0.15) is 4.98 Å². The Hall–Kier alpha value is -3.71. The summed E-state index contributed by atoms with van der Waals surface area (Å²) in [4.78, 5) is 4.78. The maximum Gasteiger partial charge on any atom is 0.227 e. The Bertz CT molecular complexity index is 1440. The number of nitrogens with zero attached hydrogens (tertiary/aromatic N) is 3. The molecule has 4 aromatic rings. The van der Waals surface area contributed by atoms with E-state index in [4.69, 9.17) is 19.6 Å². The van der Waals surface area contributed by atoms with Crippen LogP contribution in [0.1, 0.15) is 40.0 Å². The molecule has 0 saturated carbocycles. The standard InChI is InChI=1S/C28H26N4O2S/c1-16-5-8-19(9-6-16)26-23-24(21-15-17(2)7-14-22(21)34-26)29-27-30-28(35-4)31-32(27)25(23)18-10-12-20(33-3)13-11-18/h5-15,25-26H,1-4H3,(H,29,30,31)/t25-,26-/m0/s1. The molecule has 0 saturated heterocycles. The largest absolute Gasteiger partial charge is 0.497 e. The monoisotopic (exact) mass is 482 g/mol. The molecule has 0 spiro atoms. The number of aromatic nitrogens is 3. The molecule has 6 rings (SSSR count). The first-order valence-corrected chi connectivity index (χ1v) is 12.8. The van der Waals surface area contributed by atoms with Crippen LogP contribution in [-0.4, -0.2) is 28.1 Å². The molecule has 3 aromatic carbocycles. The van der Waals surface area contributed by atoms with Gasteiger partial charge in [0.05, 0.1) is 12.8 Å². The number of hydrogen-bond donors (Lipinski definition) is 1. The fourth-order valence-corrected chi connectivity index (χ4v) is 5.18. The highest BCUT2D eigenvalue weighted by Crippen LogP contribution is 2.51. The van der Waals surface area contributed by atoms with Crippen LogP contribution in [0.5, 0.6) is 11.5 Å². The van der Waals surface area contributed by atoms with Crippen molar-refractivity contribution in [3.63, 3.8) is 0 Å². The number of methoxy groups -OCH3 is 1. The number of rotatable bonds is 4. The summed E-state index contributed by atoms with van der Waals surface area (Å²) in [7, 11) is 1.68. The molecule has 2 aliphatic rings. The van der Waals surface area contributed by atoms with Gasteiger partial charge in [0, 0.05) is 11.1 Å². The molecule has 0 radical (unpaired) electrons. The molecule has 0 aliphatic carbocycles. The number of anilines is 1. The van der Waals surface area contributed by atoms with Gasteiger partial charge in [-0.15, -0.1) is 5.10 Å². The van der Waals surface area contributed by atoms with E-state index in [9.17, 15) is 0 Å². The summed E-state index contributed by atoms with van der Waals surface area (Å²) in [5, 5.41) is 9.21. The van der Waals surface area contributed by atoms with E-state index in [1.54, 1.807) is 7.11 Å². The predicted octanol–water partition coefficient (Wildman–Crippen LogP) is 6.19. The third-order valence-corrected chi connectivity index (χ3v) is 7.14. The second-order valence-corrected chi connectivity index (χ2v) is 9.68. The molecule has 0 bridgehead atoms. The highest BCUT2D eigenvalue weighted by molar-refractivity contribution is 7.98. The van der Waals surface area contributed by atoms with Crippen LogP contribution in [0.3, 0.4) is 0 Å². The van der Waals surface area contributed by atoms with Gasteiger partial charge in [-0.25, -0.2) is 4.68 Å². The van der Waals surface area contributed by atoms with Crippen molar-refractivity contribution in [1.82, 2.24) is 14.8 Å². The Morgan fingerprint density at radius 1 is 0.943 bits per heavy atom. The Labute approximate surface area is 209 Å². The summed E-state index contributed by atoms with van der Waals surface area (Å²) >= 11 is 1.53. The highest BCUT2D eigenvalue weighted by atomic mass is 32.2. The van der Waals surface area contributed by atoms with Crippen LogP contribution >= 0.6 is 11.8 Å². The van der Waals surface area contributed by atoms with E-state index in [1.165, 1.54) is 22.9 Å². The fourth-order valence-electron chi connectivity index (χ4n) is 4.83. The molecule has 2 aliphatic heterocycles. The number of benzene rings is 3. The van der Waals surface area contributed by atoms with Crippen LogP contribution in [0.15, 0.2) is 77.5 Å². The van der Waals surface area contributed by atoms with Gasteiger partial charge in [-0.1, -0.05) is 65.4 Å². The Kier molecular flexibility index (Phi) is 5.29. The number of aryl methyl sites for hydroxylation is 2. The van der Waals surface area contributed by atoms with Gasteiger partial charge in [0.2, 0.25) is 11.1 Å². The number of fused-ring (bicyclic) bond motifs is 3. The minimum absolute atomic E-state index is 0.194. The molecule has 0 unspecified atom stereocenters. The van der Waals surface area contributed by atoms with Gasteiger partial charge >= 0.3 is 0 Å². The van der Waals surface area contributed by atoms with Crippen LogP contribution < -0.4 is 14.8 Å². The lowest BCUT2D eigenvalue weighted by Crippen LogP contribution is -2.32. The lowest BCUT2D eigenvalue weighted by atomic mass is 9.84. The van der Waals surface area contributed by atoms with E-state index in [-0.39, 0.29) is 12.1 Å². The van der Waals surface area contributed by atoms with Crippen LogP contribution in [-0.2, 0) is 0 Å². The minimum Gasteiger partial charge on any atom is -0.497 e. The summed E-state index contributed by atoms with van der Waals surface area (Å²) < 4.78 is 14.2. The Morgan fingerprint density at radius 2 is 1.66 bits per heavy atom. The normalized spacial score (nSPS) is 18.2. The number of nitrogens with one attached hydrogen (secondary N) is 1. The first-order chi connectivity index (χ1) is 17.1. The van der Waals surface area contributed by atoms with Crippen molar-refractivity contribution in [2.24, 2.45) is 0 Å². The minimum atomic E-state index is -0.282. The second kappa shape index (κ2) is 8.50. The van der Waals surface area contributed by atoms with Crippen LogP contribution in [0.2, 0.25) is 0 Å². The molecule has 1 N–H and O–H groups in total. The lowest BCUT2D eigenvalue weighted by Gasteiger charge is -2.39. The molecule has 0 fully saturated rings. The fraction of sp³-hybridized carbons (Fsp3) is 0.214. The van der Waals surface area contributed by atoms with Gasteiger partial charge in [0.15, 0.2) is 0 Å². The SMILES string of the molecule is COc1ccc([C@H]2C3=C(Nc4nc(SC)nn42)c2cc(C)ccc2O[C@H]3c2ccc(C)cc2)cc1. The van der Waals surface area contributed by atoms with E-state index >= 15 is 0 Å². The maximum absolute atomic E-state index is 6.74. The zero-order valence-electron chi connectivity index (χ0n) is 20.1. The van der Waals surface area contributed by atoms with Gasteiger partial charge in [0.25, 0.3) is 0 Å². The van der Waals surface area contributed by atoms with Crippen molar-refractivity contribution in [3.8, 4) is 11.5 Å². The summed E-state index contributed by atoms with van der Waals surface area (Å²) in [6, 6.07) is 22.9. The van der Waals surface area contributed by atoms with E-state index in [1.807, 2.05) is 23.1 Å². The molecule has 176 valence electrons. The smallest absolute Gasteiger partial charge is 0.227 e. The zero-order valence-corrected chi connectivity index (χ0v) is 20.9. The van der Waals surface area contributed by atoms with Crippen LogP contribution in [0, 0.1) is 13.8 Å². The number of hydrogen-bond acceptors (Lipinski definition) is 6. The van der Waals surface area contributed by atoms with E-state index < -0.39 is 0 Å². The third-order valence-electron chi connectivity index (χ3n) is 6.60. The van der Waals surface area contributed by atoms with Gasteiger partial charge in [0.1, 0.15) is 23.6 Å². The third kappa shape index (κ3) is 3.67. The molecule has 3 heterocycles. The first kappa shape index (κ1) is 21.8. The summed E-state index contributed by atoms with van der Waals surface area (Å²) in [6.07, 6.45) is 1.71. The van der Waals surface area contributed by atoms with E-state index in [2.05, 4.69) is 73.8 Å². The summed E-state index contributed by atoms with van der Waals surface area (Å²) in [5.41, 5.74) is 7.77. The predicted molar refractivity (Wildman–Crippen MR) is 139 cm³/mol. The second-order valence-electron chi connectivity index (χ2n) is 8.91. The van der Waals surface area contributed by atoms with E-state index in [0.29, 0.717) is 0 Å². The van der Waals surface area contributed by atoms with E-state index in [0.717, 1.165) is 50.6 Å². The average molecular weight is 483 g/mol. The van der Waals surface area contributed by atoms with Crippen LogP contribution in [0.4, 0.5) is 5.95 Å². The van der Waals surface area contributed by atoms with Gasteiger partial charge in [-0.3, -0.25) is 0 Å². The van der Waals surface area contributed by atoms with Crippen LogP contribution in [0.25, 0.3) is 5.70 Å². The van der Waals surface area contributed by atoms with Crippen molar-refractivity contribution in [1.29, 1.82) is 0 Å². The molecular weight excluding hydrogens is 456 g/mol. The summed E-state index contributed by atoms with van der Waals surface area (Å²) in [6.45, 7) is 4.20. The van der Waals surface area contributed by atoms with Crippen molar-refractivity contribution in [2.45, 2.75) is 31.1 Å². The lowest BCUT2D eigenvalue weighted by molar-refractivity contribution is 0.223. The Morgan fingerprint density at radius 3 is 2.37 bits per heavy atom. The molecular formula is C28H26N4O2S. The zero-order chi connectivity index (χ0) is 24.1. The average Bonchev–Trinajstić information content (AvgIpc) is 3.31. The first-order valence-electron chi connectivity index (χ1n) is 11.6. The topological polar surface area (TPSA) is 61.2 Å². The molecule has 1 aromatic heterocycles. The van der Waals surface area contributed by atoms with Crippen molar-refractivity contribution in [2.75, 3.05) is 18.7 Å². The van der Waals surface area contributed by atoms with Crippen molar-refractivity contribution < 1.29 is 9.47 Å². The number of thioether (sulfide) groups is 1. The van der Waals surface area contributed by atoms with Gasteiger partial charge < -0.3 is 14.8 Å². The highest BCUT2D eigenvalue weighted by Gasteiger charge is 2.41. The maximum atomic E-state index is 6.74. The molecule has 7 heteroatoms. The molecule has 6 nitrogen and oxygen atoms in total. The molecule has 0 amide bonds. The molecule has 35 heavy (non-hydrogen) atoms. The molecule has 2 atom stereocenters. The number of ether oxygens (including phenoxy) is 2. The van der Waals surface area contributed by atoms with Crippen molar-refractivity contribution >= 4 is 23.4 Å². The van der Waals surface area contributed by atoms with Gasteiger partial charge in [-0.05, 0) is 55.5 Å².